The summed E-state index contributed by atoms with van der Waals surface area (Å²) in [6.07, 6.45) is 4.84. The van der Waals surface area contributed by atoms with Gasteiger partial charge in [0.25, 0.3) is 5.91 Å². The van der Waals surface area contributed by atoms with Crippen molar-refractivity contribution < 1.29 is 14.7 Å². The minimum absolute atomic E-state index is 0.0654. The Morgan fingerprint density at radius 3 is 2.63 bits per heavy atom. The summed E-state index contributed by atoms with van der Waals surface area (Å²) < 4.78 is 0. The lowest BCUT2D eigenvalue weighted by atomic mass is 10.0. The van der Waals surface area contributed by atoms with Crippen molar-refractivity contribution in [3.63, 3.8) is 0 Å². The van der Waals surface area contributed by atoms with Gasteiger partial charge in [-0.1, -0.05) is 18.2 Å². The number of H-pyrrole nitrogens is 1. The monoisotopic (exact) mass is 508 g/mol. The molecule has 0 aliphatic carbocycles. The third-order valence-electron chi connectivity index (χ3n) is 7.30. The van der Waals surface area contributed by atoms with E-state index < -0.39 is 0 Å². The van der Waals surface area contributed by atoms with Crippen molar-refractivity contribution >= 4 is 35.4 Å². The van der Waals surface area contributed by atoms with Crippen LogP contribution < -0.4 is 5.32 Å². The van der Waals surface area contributed by atoms with E-state index in [0.717, 1.165) is 48.2 Å². The second kappa shape index (κ2) is 9.85. The SMILES string of the molecule is CN1Cc2ccc(/C=C/c3[nH]nc4nc(-c5ccc(O)cc5)cc(C(=O)N5CCNCC5)c34)cc2C1C=O. The second-order valence-electron chi connectivity index (χ2n) is 9.77. The standard InChI is InChI=1S/C29H28N6O3/c1-34-16-20-4-2-18(14-22(20)26(34)17-36)3-9-24-27-23(29(38)35-12-10-30-11-13-35)15-25(31-28(27)33-32-24)19-5-7-21(37)8-6-19/h2-9,14-15,17,26,30,37H,10-13,16H2,1H3,(H,31,32,33)/b9-3+. The van der Waals surface area contributed by atoms with Gasteiger partial charge in [-0.25, -0.2) is 4.98 Å². The number of aromatic nitrogens is 3. The maximum absolute atomic E-state index is 13.7. The molecule has 2 aliphatic heterocycles. The maximum atomic E-state index is 13.7. The lowest BCUT2D eigenvalue weighted by molar-refractivity contribution is -0.111. The van der Waals surface area contributed by atoms with E-state index in [2.05, 4.69) is 21.6 Å². The van der Waals surface area contributed by atoms with Gasteiger partial charge in [0.15, 0.2) is 5.65 Å². The summed E-state index contributed by atoms with van der Waals surface area (Å²) in [5.74, 6) is 0.0983. The Morgan fingerprint density at radius 2 is 1.87 bits per heavy atom. The van der Waals surface area contributed by atoms with E-state index in [1.54, 1.807) is 24.3 Å². The van der Waals surface area contributed by atoms with Crippen LogP contribution in [0, 0.1) is 0 Å². The van der Waals surface area contributed by atoms with Crippen LogP contribution >= 0.6 is 0 Å². The Kier molecular flexibility index (Phi) is 6.22. The van der Waals surface area contributed by atoms with Crippen molar-refractivity contribution in [1.29, 1.82) is 0 Å². The average Bonchev–Trinajstić information content (AvgIpc) is 3.51. The number of nitrogens with one attached hydrogen (secondary N) is 2. The highest BCUT2D eigenvalue weighted by Crippen LogP contribution is 2.33. The van der Waals surface area contributed by atoms with Gasteiger partial charge in [-0.15, -0.1) is 0 Å². The number of fused-ring (bicyclic) bond motifs is 2. The van der Waals surface area contributed by atoms with Gasteiger partial charge in [0.05, 0.1) is 28.4 Å². The normalized spacial score (nSPS) is 17.8. The van der Waals surface area contributed by atoms with Crippen LogP contribution in [0.4, 0.5) is 0 Å². The fourth-order valence-corrected chi connectivity index (χ4v) is 5.25. The van der Waals surface area contributed by atoms with E-state index in [1.807, 2.05) is 47.2 Å². The number of phenols is 1. The number of pyridine rings is 1. The molecule has 0 radical (unpaired) electrons. The molecule has 6 rings (SSSR count). The van der Waals surface area contributed by atoms with Crippen LogP contribution in [-0.4, -0.2) is 75.5 Å². The van der Waals surface area contributed by atoms with E-state index in [4.69, 9.17) is 4.98 Å². The van der Waals surface area contributed by atoms with Crippen LogP contribution in [0.5, 0.6) is 5.75 Å². The molecule has 1 amide bonds. The number of aromatic amines is 1. The quantitative estimate of drug-likeness (QED) is 0.355. The molecule has 3 N–H and O–H groups in total. The second-order valence-corrected chi connectivity index (χ2v) is 9.77. The van der Waals surface area contributed by atoms with Gasteiger partial charge in [-0.3, -0.25) is 14.8 Å². The molecule has 2 aromatic carbocycles. The molecule has 4 heterocycles. The van der Waals surface area contributed by atoms with Crippen LogP contribution in [-0.2, 0) is 11.3 Å². The van der Waals surface area contributed by atoms with E-state index in [-0.39, 0.29) is 17.7 Å². The van der Waals surface area contributed by atoms with Gasteiger partial charge in [0, 0.05) is 38.3 Å². The first-order valence-corrected chi connectivity index (χ1v) is 12.7. The highest BCUT2D eigenvalue weighted by atomic mass is 16.3. The molecule has 1 fully saturated rings. The highest BCUT2D eigenvalue weighted by molar-refractivity contribution is 6.09. The van der Waals surface area contributed by atoms with Crippen molar-refractivity contribution in [2.45, 2.75) is 12.6 Å². The third-order valence-corrected chi connectivity index (χ3v) is 7.30. The zero-order valence-electron chi connectivity index (χ0n) is 21.0. The summed E-state index contributed by atoms with van der Waals surface area (Å²) in [7, 11) is 1.95. The first-order chi connectivity index (χ1) is 18.5. The number of carbonyl (C=O) groups excluding carboxylic acids is 2. The van der Waals surface area contributed by atoms with E-state index >= 15 is 0 Å². The highest BCUT2D eigenvalue weighted by Gasteiger charge is 2.27. The predicted molar refractivity (Wildman–Crippen MR) is 145 cm³/mol. The first kappa shape index (κ1) is 24.0. The molecule has 1 saturated heterocycles. The number of hydrogen-bond acceptors (Lipinski definition) is 7. The molecule has 1 unspecified atom stereocenters. The van der Waals surface area contributed by atoms with Gasteiger partial charge in [0.1, 0.15) is 12.0 Å². The van der Waals surface area contributed by atoms with Crippen molar-refractivity contribution in [2.24, 2.45) is 0 Å². The molecule has 0 saturated carbocycles. The number of likely N-dealkylation sites (N-methyl/N-ethyl adjacent to an activating group) is 1. The predicted octanol–water partition coefficient (Wildman–Crippen LogP) is 3.23. The molecule has 2 aliphatic rings. The summed E-state index contributed by atoms with van der Waals surface area (Å²) in [4.78, 5) is 34.0. The van der Waals surface area contributed by atoms with Gasteiger partial charge in [-0.2, -0.15) is 5.10 Å². The molecule has 38 heavy (non-hydrogen) atoms. The lowest BCUT2D eigenvalue weighted by Crippen LogP contribution is -2.46. The summed E-state index contributed by atoms with van der Waals surface area (Å²) >= 11 is 0. The fourth-order valence-electron chi connectivity index (χ4n) is 5.25. The molecule has 0 bridgehead atoms. The summed E-state index contributed by atoms with van der Waals surface area (Å²) in [5.41, 5.74) is 6.20. The number of nitrogens with zero attached hydrogens (tertiary/aromatic N) is 4. The van der Waals surface area contributed by atoms with Crippen molar-refractivity contribution in [2.75, 3.05) is 33.2 Å². The minimum Gasteiger partial charge on any atom is -0.508 e. The third kappa shape index (κ3) is 4.36. The summed E-state index contributed by atoms with van der Waals surface area (Å²) in [6.45, 7) is 3.50. The largest absolute Gasteiger partial charge is 0.508 e. The number of rotatable bonds is 5. The van der Waals surface area contributed by atoms with Gasteiger partial charge >= 0.3 is 0 Å². The smallest absolute Gasteiger partial charge is 0.254 e. The zero-order valence-corrected chi connectivity index (χ0v) is 21.0. The molecule has 0 spiro atoms. The number of piperazine rings is 1. The molecule has 9 heteroatoms. The Balaban J connectivity index is 1.41. The first-order valence-electron chi connectivity index (χ1n) is 12.7. The average molecular weight is 509 g/mol. The van der Waals surface area contributed by atoms with E-state index in [9.17, 15) is 14.7 Å². The molecule has 4 aromatic rings. The summed E-state index contributed by atoms with van der Waals surface area (Å²) in [5, 5.41) is 21.2. The number of carbonyl (C=O) groups is 2. The number of aromatic hydroxyl groups is 1. The lowest BCUT2D eigenvalue weighted by Gasteiger charge is -2.27. The van der Waals surface area contributed by atoms with Crippen LogP contribution in [0.25, 0.3) is 34.4 Å². The molecule has 192 valence electrons. The van der Waals surface area contributed by atoms with E-state index in [1.165, 1.54) is 0 Å². The topological polar surface area (TPSA) is 114 Å². The van der Waals surface area contributed by atoms with Gasteiger partial charge in [-0.05, 0) is 66.2 Å². The minimum atomic E-state index is -0.239. The molecular formula is C29H28N6O3. The molecule has 1 atom stereocenters. The molecule has 9 nitrogen and oxygen atoms in total. The van der Waals surface area contributed by atoms with Crippen LogP contribution in [0.1, 0.15) is 38.8 Å². The Labute approximate surface area is 219 Å². The van der Waals surface area contributed by atoms with Crippen LogP contribution in [0.2, 0.25) is 0 Å². The number of aldehydes is 1. The number of hydrogen-bond donors (Lipinski definition) is 3. The van der Waals surface area contributed by atoms with Crippen molar-refractivity contribution in [1.82, 2.24) is 30.3 Å². The number of amides is 1. The van der Waals surface area contributed by atoms with Gasteiger partial charge < -0.3 is 20.1 Å². The number of phenolic OH excluding ortho intramolecular Hbond substituents is 1. The maximum Gasteiger partial charge on any atom is 0.254 e. The van der Waals surface area contributed by atoms with E-state index in [0.29, 0.717) is 41.1 Å². The Bertz CT molecular complexity index is 1550. The van der Waals surface area contributed by atoms with Crippen LogP contribution in [0.15, 0.2) is 48.5 Å². The Morgan fingerprint density at radius 1 is 1.08 bits per heavy atom. The zero-order chi connectivity index (χ0) is 26.2. The van der Waals surface area contributed by atoms with Crippen molar-refractivity contribution in [3.05, 3.63) is 76.5 Å². The van der Waals surface area contributed by atoms with Gasteiger partial charge in [0.2, 0.25) is 0 Å². The fraction of sp³-hybridized carbons (Fsp3) is 0.241. The molecular weight excluding hydrogens is 480 g/mol. The molecule has 2 aromatic heterocycles. The number of benzene rings is 2. The Hall–Kier alpha value is -4.34. The van der Waals surface area contributed by atoms with Crippen molar-refractivity contribution in [3.8, 4) is 17.0 Å². The summed E-state index contributed by atoms with van der Waals surface area (Å²) in [6, 6.07) is 14.4. The van der Waals surface area contributed by atoms with Crippen LogP contribution in [0.3, 0.4) is 0 Å².